The summed E-state index contributed by atoms with van der Waals surface area (Å²) in [5.41, 5.74) is 6.62. The Morgan fingerprint density at radius 3 is 2.66 bits per heavy atom. The van der Waals surface area contributed by atoms with Crippen molar-refractivity contribution in [3.8, 4) is 0 Å². The molecule has 2 heteroatoms. The Hall–Kier alpha value is -2.61. The van der Waals surface area contributed by atoms with Gasteiger partial charge in [0.25, 0.3) is 0 Å². The molecule has 2 nitrogen and oxygen atoms in total. The molecule has 0 saturated heterocycles. The molecule has 4 rings (SSSR count). The summed E-state index contributed by atoms with van der Waals surface area (Å²) < 4.78 is 0. The van der Waals surface area contributed by atoms with Crippen LogP contribution in [-0.2, 0) is 0 Å². The van der Waals surface area contributed by atoms with Crippen LogP contribution >= 0.6 is 0 Å². The molecule has 0 bridgehead atoms. The third-order valence-corrected chi connectivity index (χ3v) is 6.33. The van der Waals surface area contributed by atoms with E-state index in [-0.39, 0.29) is 5.54 Å². The lowest BCUT2D eigenvalue weighted by Crippen LogP contribution is -2.48. The van der Waals surface area contributed by atoms with E-state index in [1.54, 1.807) is 0 Å². The number of benzene rings is 3. The molecule has 1 unspecified atom stereocenters. The first-order valence-corrected chi connectivity index (χ1v) is 10.8. The van der Waals surface area contributed by atoms with Gasteiger partial charge in [-0.2, -0.15) is 0 Å². The largest absolute Gasteiger partial charge is 0.366 e. The van der Waals surface area contributed by atoms with Crippen LogP contribution in [0.15, 0.2) is 59.6 Å². The van der Waals surface area contributed by atoms with E-state index < -0.39 is 0 Å². The lowest BCUT2D eigenvalue weighted by molar-refractivity contribution is 0.376. The lowest BCUT2D eigenvalue weighted by Gasteiger charge is -2.48. The highest BCUT2D eigenvalue weighted by Gasteiger charge is 2.36. The Morgan fingerprint density at radius 1 is 1.10 bits per heavy atom. The van der Waals surface area contributed by atoms with Gasteiger partial charge in [0.05, 0.1) is 5.69 Å². The molecular formula is C27H32N2. The Balaban J connectivity index is 1.75. The summed E-state index contributed by atoms with van der Waals surface area (Å²) in [5.74, 6) is 0.554. The second-order valence-electron chi connectivity index (χ2n) is 9.09. The topological polar surface area (TPSA) is 15.6 Å². The zero-order chi connectivity index (χ0) is 20.6. The van der Waals surface area contributed by atoms with E-state index in [9.17, 15) is 0 Å². The van der Waals surface area contributed by atoms with Gasteiger partial charge in [-0.15, -0.1) is 0 Å². The maximum Gasteiger partial charge on any atom is 0.0708 e. The first kappa shape index (κ1) is 19.7. The number of nitrogens with zero attached hydrogens (tertiary/aromatic N) is 2. The Labute approximate surface area is 175 Å². The van der Waals surface area contributed by atoms with Crippen LogP contribution in [0.5, 0.6) is 0 Å². The summed E-state index contributed by atoms with van der Waals surface area (Å²) in [6.45, 7) is 12.7. The van der Waals surface area contributed by atoms with E-state index in [2.05, 4.69) is 94.1 Å². The Kier molecular flexibility index (Phi) is 5.21. The minimum absolute atomic E-state index is 0.202. The second kappa shape index (κ2) is 7.67. The van der Waals surface area contributed by atoms with E-state index >= 15 is 0 Å². The van der Waals surface area contributed by atoms with Gasteiger partial charge in [-0.3, -0.25) is 4.99 Å². The van der Waals surface area contributed by atoms with Gasteiger partial charge in [0.15, 0.2) is 0 Å². The molecule has 0 fully saturated rings. The van der Waals surface area contributed by atoms with Gasteiger partial charge in [0.1, 0.15) is 0 Å². The summed E-state index contributed by atoms with van der Waals surface area (Å²) in [5, 5.41) is 2.43. The fourth-order valence-electron chi connectivity index (χ4n) is 4.90. The molecule has 0 radical (unpaired) electrons. The maximum absolute atomic E-state index is 4.88. The molecule has 3 aromatic carbocycles. The lowest BCUT2D eigenvalue weighted by atomic mass is 9.79. The third kappa shape index (κ3) is 3.69. The van der Waals surface area contributed by atoms with Crippen LogP contribution < -0.4 is 4.90 Å². The van der Waals surface area contributed by atoms with Crippen LogP contribution in [0.1, 0.15) is 63.1 Å². The van der Waals surface area contributed by atoms with E-state index in [4.69, 9.17) is 4.99 Å². The van der Waals surface area contributed by atoms with Crippen LogP contribution in [0, 0.1) is 6.92 Å². The van der Waals surface area contributed by atoms with Crippen molar-refractivity contribution in [1.29, 1.82) is 0 Å². The van der Waals surface area contributed by atoms with Crippen LogP contribution in [0.25, 0.3) is 10.8 Å². The van der Waals surface area contributed by atoms with Crippen molar-refractivity contribution in [2.45, 2.75) is 58.9 Å². The van der Waals surface area contributed by atoms with Gasteiger partial charge in [-0.1, -0.05) is 50.2 Å². The highest BCUT2D eigenvalue weighted by Crippen LogP contribution is 2.44. The highest BCUT2D eigenvalue weighted by molar-refractivity contribution is 5.95. The van der Waals surface area contributed by atoms with Crippen molar-refractivity contribution in [3.63, 3.8) is 0 Å². The predicted octanol–water partition coefficient (Wildman–Crippen LogP) is 7.40. The first-order valence-electron chi connectivity index (χ1n) is 10.8. The second-order valence-corrected chi connectivity index (χ2v) is 9.09. The summed E-state index contributed by atoms with van der Waals surface area (Å²) in [6, 6.07) is 19.5. The fourth-order valence-corrected chi connectivity index (χ4v) is 4.90. The molecule has 0 aliphatic carbocycles. The molecule has 1 atom stereocenters. The van der Waals surface area contributed by atoms with Crippen molar-refractivity contribution in [2.75, 3.05) is 11.4 Å². The number of aryl methyl sites for hydroxylation is 1. The fraction of sp³-hybridized carbons (Fsp3) is 0.370. The number of rotatable bonds is 4. The first-order chi connectivity index (χ1) is 13.9. The minimum Gasteiger partial charge on any atom is -0.366 e. The number of hydrogen-bond donors (Lipinski definition) is 0. The summed E-state index contributed by atoms with van der Waals surface area (Å²) in [7, 11) is 0. The van der Waals surface area contributed by atoms with E-state index in [0.717, 1.165) is 12.2 Å². The average molecular weight is 385 g/mol. The zero-order valence-corrected chi connectivity index (χ0v) is 18.4. The summed E-state index contributed by atoms with van der Waals surface area (Å²) >= 11 is 0. The highest BCUT2D eigenvalue weighted by atomic mass is 15.2. The zero-order valence-electron chi connectivity index (χ0n) is 18.4. The standard InChI is InChI=1S/C27H32N2/c1-6-14-29-26-15-19(2)22(16-24(26)20(3)17-27(29,4)5)18-28-25-13-9-11-21-10-7-8-12-23(21)25/h7-13,15-16,18,20H,6,14,17H2,1-5H3. The minimum atomic E-state index is 0.202. The van der Waals surface area contributed by atoms with Crippen LogP contribution in [0.2, 0.25) is 0 Å². The molecule has 0 spiro atoms. The molecule has 0 N–H and O–H groups in total. The van der Waals surface area contributed by atoms with Crippen molar-refractivity contribution >= 4 is 28.4 Å². The van der Waals surface area contributed by atoms with Crippen molar-refractivity contribution in [2.24, 2.45) is 4.99 Å². The predicted molar refractivity (Wildman–Crippen MR) is 127 cm³/mol. The quantitative estimate of drug-likeness (QED) is 0.428. The van der Waals surface area contributed by atoms with Crippen molar-refractivity contribution in [1.82, 2.24) is 0 Å². The summed E-state index contributed by atoms with van der Waals surface area (Å²) in [4.78, 5) is 7.50. The van der Waals surface area contributed by atoms with Crippen LogP contribution in [0.3, 0.4) is 0 Å². The number of fused-ring (bicyclic) bond motifs is 2. The van der Waals surface area contributed by atoms with Gasteiger partial charge >= 0.3 is 0 Å². The summed E-state index contributed by atoms with van der Waals surface area (Å²) in [6.07, 6.45) is 4.40. The molecule has 1 heterocycles. The average Bonchev–Trinajstić information content (AvgIpc) is 2.69. The molecule has 29 heavy (non-hydrogen) atoms. The van der Waals surface area contributed by atoms with E-state index in [1.165, 1.54) is 46.0 Å². The molecular weight excluding hydrogens is 352 g/mol. The van der Waals surface area contributed by atoms with Gasteiger partial charge in [0, 0.05) is 29.4 Å². The maximum atomic E-state index is 4.88. The molecule has 0 aromatic heterocycles. The number of aliphatic imine (C=N–C) groups is 1. The molecule has 1 aliphatic heterocycles. The van der Waals surface area contributed by atoms with Crippen LogP contribution in [-0.4, -0.2) is 18.3 Å². The molecule has 0 saturated carbocycles. The van der Waals surface area contributed by atoms with Gasteiger partial charge < -0.3 is 4.90 Å². The van der Waals surface area contributed by atoms with Gasteiger partial charge in [-0.25, -0.2) is 0 Å². The third-order valence-electron chi connectivity index (χ3n) is 6.33. The number of hydrogen-bond acceptors (Lipinski definition) is 2. The molecule has 3 aromatic rings. The molecule has 0 amide bonds. The van der Waals surface area contributed by atoms with E-state index in [0.29, 0.717) is 5.92 Å². The van der Waals surface area contributed by atoms with Crippen molar-refractivity contribution < 1.29 is 0 Å². The molecule has 1 aliphatic rings. The number of anilines is 1. The van der Waals surface area contributed by atoms with Gasteiger partial charge in [0.2, 0.25) is 0 Å². The normalized spacial score (nSPS) is 18.4. The van der Waals surface area contributed by atoms with Gasteiger partial charge in [-0.05, 0) is 79.8 Å². The smallest absolute Gasteiger partial charge is 0.0708 e. The van der Waals surface area contributed by atoms with E-state index in [1.807, 2.05) is 6.21 Å². The van der Waals surface area contributed by atoms with Crippen molar-refractivity contribution in [3.05, 3.63) is 71.3 Å². The monoisotopic (exact) mass is 384 g/mol. The van der Waals surface area contributed by atoms with Crippen LogP contribution in [0.4, 0.5) is 11.4 Å². The SMILES string of the molecule is CCCN1c2cc(C)c(C=Nc3cccc4ccccc34)cc2C(C)CC1(C)C. The Morgan fingerprint density at radius 2 is 1.86 bits per heavy atom. The molecule has 150 valence electrons. The Bertz CT molecular complexity index is 1060.